The van der Waals surface area contributed by atoms with Crippen LogP contribution >= 0.6 is 11.8 Å². The van der Waals surface area contributed by atoms with Crippen molar-refractivity contribution in [3.05, 3.63) is 65.0 Å². The Bertz CT molecular complexity index is 1220. The van der Waals surface area contributed by atoms with E-state index in [-0.39, 0.29) is 11.1 Å². The van der Waals surface area contributed by atoms with Crippen molar-refractivity contribution in [1.82, 2.24) is 9.97 Å². The van der Waals surface area contributed by atoms with Crippen LogP contribution < -0.4 is 11.5 Å². The number of amidine groups is 1. The summed E-state index contributed by atoms with van der Waals surface area (Å²) in [6.45, 7) is -0.583. The molecule has 1 aliphatic rings. The Morgan fingerprint density at radius 1 is 1.32 bits per heavy atom. The van der Waals surface area contributed by atoms with Crippen LogP contribution in [0.15, 0.2) is 58.8 Å². The number of fused-ring (bicyclic) bond motifs is 1. The highest BCUT2D eigenvalue weighted by Gasteiger charge is 2.19. The van der Waals surface area contributed by atoms with Crippen molar-refractivity contribution < 1.29 is 14.3 Å². The predicted octanol–water partition coefficient (Wildman–Crippen LogP) is 2.33. The molecular weight excluding hydrogens is 419 g/mol. The number of hydrogen-bond acceptors (Lipinski definition) is 8. The number of aliphatic hydroxyl groups excluding tert-OH is 1. The van der Waals surface area contributed by atoms with Gasteiger partial charge in [-0.1, -0.05) is 12.1 Å². The molecule has 0 aliphatic carbocycles. The third-order valence-electron chi connectivity index (χ3n) is 4.07. The summed E-state index contributed by atoms with van der Waals surface area (Å²) in [6.07, 6.45) is 5.14. The van der Waals surface area contributed by atoms with E-state index in [4.69, 9.17) is 10.8 Å². The average molecular weight is 436 g/mol. The van der Waals surface area contributed by atoms with E-state index < -0.39 is 12.9 Å². The molecule has 3 aromatic rings. The Balaban J connectivity index is 0.000000491. The molecule has 1 unspecified atom stereocenters. The molecule has 4 rings (SSSR count). The highest BCUT2D eigenvalue weighted by atomic mass is 32.2. The van der Waals surface area contributed by atoms with Crippen LogP contribution in [0.2, 0.25) is 0 Å². The van der Waals surface area contributed by atoms with Crippen molar-refractivity contribution in [2.24, 2.45) is 16.5 Å². The number of amides is 1. The molecule has 1 aromatic carbocycles. The third-order valence-corrected chi connectivity index (χ3v) is 4.88. The Morgan fingerprint density at radius 2 is 2.10 bits per heavy atom. The molecule has 0 bridgehead atoms. The van der Waals surface area contributed by atoms with Crippen LogP contribution in [0, 0.1) is 11.3 Å². The van der Waals surface area contributed by atoms with Gasteiger partial charge in [-0.2, -0.15) is 10.3 Å². The standard InChI is InChI=1S/C19H11N5OS.C2H6FNO/c20-8-13-10-23-15-4-3-11(7-16-18(25)24-19(21)26-16)6-14(15)17(13)12-2-1-5-22-9-12;3-2(4)1-5/h1-7,9-10H,(H2,21,24,25);2,5H,1,4H2/b16-7-;. The smallest absolute Gasteiger partial charge is 0.286 e. The van der Waals surface area contributed by atoms with E-state index in [9.17, 15) is 14.4 Å². The normalized spacial score (nSPS) is 15.2. The maximum Gasteiger partial charge on any atom is 0.286 e. The largest absolute Gasteiger partial charge is 0.392 e. The quantitative estimate of drug-likeness (QED) is 0.418. The lowest BCUT2D eigenvalue weighted by atomic mass is 9.97. The molecular formula is C21H17FN6O2S. The molecule has 2 aromatic heterocycles. The summed E-state index contributed by atoms with van der Waals surface area (Å²) < 4.78 is 11.0. The fraction of sp³-hybridized carbons (Fsp3) is 0.0952. The molecule has 1 atom stereocenters. The zero-order valence-corrected chi connectivity index (χ0v) is 16.9. The van der Waals surface area contributed by atoms with Crippen molar-refractivity contribution in [2.75, 3.05) is 6.61 Å². The van der Waals surface area contributed by atoms with Crippen LogP contribution in [0.25, 0.3) is 28.1 Å². The second-order valence-corrected chi connectivity index (χ2v) is 7.30. The number of carbonyl (C=O) groups excluding carboxylic acids is 1. The lowest BCUT2D eigenvalue weighted by molar-refractivity contribution is -0.113. The summed E-state index contributed by atoms with van der Waals surface area (Å²) in [7, 11) is 0. The molecule has 5 N–H and O–H groups in total. The van der Waals surface area contributed by atoms with E-state index in [0.29, 0.717) is 10.5 Å². The Morgan fingerprint density at radius 3 is 2.68 bits per heavy atom. The predicted molar refractivity (Wildman–Crippen MR) is 118 cm³/mol. The van der Waals surface area contributed by atoms with Crippen LogP contribution in [-0.2, 0) is 4.79 Å². The number of hydrogen-bond donors (Lipinski definition) is 3. The summed E-state index contributed by atoms with van der Waals surface area (Å²) in [5, 5.41) is 18.2. The maximum atomic E-state index is 11.8. The minimum atomic E-state index is -1.56. The average Bonchev–Trinajstić information content (AvgIpc) is 3.10. The van der Waals surface area contributed by atoms with Crippen LogP contribution in [-0.4, -0.2) is 39.1 Å². The van der Waals surface area contributed by atoms with Gasteiger partial charge in [0.05, 0.1) is 22.6 Å². The topological polar surface area (TPSA) is 151 Å². The number of aliphatic imine (C=N–C) groups is 1. The third kappa shape index (κ3) is 5.29. The van der Waals surface area contributed by atoms with Crippen LogP contribution in [0.4, 0.5) is 4.39 Å². The number of pyridine rings is 2. The van der Waals surface area contributed by atoms with Gasteiger partial charge in [-0.05, 0) is 41.6 Å². The molecule has 0 spiro atoms. The van der Waals surface area contributed by atoms with Gasteiger partial charge in [0.15, 0.2) is 11.5 Å². The monoisotopic (exact) mass is 436 g/mol. The lowest BCUT2D eigenvalue weighted by Crippen LogP contribution is -2.16. The van der Waals surface area contributed by atoms with Crippen molar-refractivity contribution in [2.45, 2.75) is 6.30 Å². The molecule has 0 saturated heterocycles. The van der Waals surface area contributed by atoms with Crippen molar-refractivity contribution in [3.63, 3.8) is 0 Å². The van der Waals surface area contributed by atoms with Gasteiger partial charge < -0.3 is 10.8 Å². The highest BCUT2D eigenvalue weighted by molar-refractivity contribution is 8.18. The first-order chi connectivity index (χ1) is 14.9. The molecule has 1 amide bonds. The van der Waals surface area contributed by atoms with Gasteiger partial charge in [-0.25, -0.2) is 4.39 Å². The van der Waals surface area contributed by atoms with Crippen molar-refractivity contribution in [1.29, 1.82) is 5.26 Å². The number of alkyl halides is 1. The number of thioether (sulfide) groups is 1. The fourth-order valence-corrected chi connectivity index (χ4v) is 3.47. The summed E-state index contributed by atoms with van der Waals surface area (Å²) in [4.78, 5) is 24.5. The number of nitrogens with two attached hydrogens (primary N) is 2. The summed E-state index contributed by atoms with van der Waals surface area (Å²) >= 11 is 1.14. The number of halogens is 1. The zero-order chi connectivity index (χ0) is 22.4. The number of rotatable bonds is 3. The van der Waals surface area contributed by atoms with Crippen LogP contribution in [0.3, 0.4) is 0 Å². The second kappa shape index (κ2) is 9.90. The number of aliphatic hydroxyl groups is 1. The van der Waals surface area contributed by atoms with Gasteiger partial charge in [0, 0.05) is 35.1 Å². The van der Waals surface area contributed by atoms with E-state index in [1.807, 2.05) is 30.3 Å². The lowest BCUT2D eigenvalue weighted by Gasteiger charge is -2.09. The number of nitriles is 1. The number of aromatic nitrogens is 2. The Kier molecular flexibility index (Phi) is 7.04. The van der Waals surface area contributed by atoms with E-state index in [2.05, 4.69) is 26.8 Å². The minimum Gasteiger partial charge on any atom is -0.392 e. The van der Waals surface area contributed by atoms with Gasteiger partial charge in [-0.3, -0.25) is 20.5 Å². The van der Waals surface area contributed by atoms with Crippen molar-refractivity contribution in [3.8, 4) is 17.2 Å². The van der Waals surface area contributed by atoms with Gasteiger partial charge in [0.1, 0.15) is 6.07 Å². The maximum absolute atomic E-state index is 11.8. The Labute approximate surface area is 181 Å². The molecule has 3 heterocycles. The number of carbonyl (C=O) groups is 1. The molecule has 1 aliphatic heterocycles. The van der Waals surface area contributed by atoms with E-state index in [1.165, 1.54) is 0 Å². The van der Waals surface area contributed by atoms with Crippen molar-refractivity contribution >= 4 is 39.8 Å². The highest BCUT2D eigenvalue weighted by Crippen LogP contribution is 2.32. The van der Waals surface area contributed by atoms with Gasteiger partial charge in [0.25, 0.3) is 5.91 Å². The molecule has 10 heteroatoms. The molecule has 0 saturated carbocycles. The molecule has 31 heavy (non-hydrogen) atoms. The first kappa shape index (κ1) is 22.0. The molecule has 8 nitrogen and oxygen atoms in total. The SMILES string of the molecule is N#Cc1cnc2ccc(/C=C3\SC(N)=NC3=O)cc2c1-c1cccnc1.NC(F)CO. The zero-order valence-electron chi connectivity index (χ0n) is 16.1. The second-order valence-electron chi connectivity index (χ2n) is 6.24. The van der Waals surface area contributed by atoms with E-state index >= 15 is 0 Å². The van der Waals surface area contributed by atoms with Crippen LogP contribution in [0.1, 0.15) is 11.1 Å². The van der Waals surface area contributed by atoms with Crippen LogP contribution in [0.5, 0.6) is 0 Å². The fourth-order valence-electron chi connectivity index (χ4n) is 2.78. The molecule has 0 radical (unpaired) electrons. The van der Waals surface area contributed by atoms with Gasteiger partial charge in [-0.15, -0.1) is 0 Å². The summed E-state index contributed by atoms with van der Waals surface area (Å²) in [6, 6.07) is 11.5. The van der Waals surface area contributed by atoms with E-state index in [0.717, 1.165) is 39.4 Å². The summed E-state index contributed by atoms with van der Waals surface area (Å²) in [5.41, 5.74) is 13.6. The van der Waals surface area contributed by atoms with Gasteiger partial charge in [0.2, 0.25) is 0 Å². The Hall–Kier alpha value is -3.65. The number of nitrogens with zero attached hydrogens (tertiary/aromatic N) is 4. The van der Waals surface area contributed by atoms with Gasteiger partial charge >= 0.3 is 0 Å². The first-order valence-corrected chi connectivity index (χ1v) is 9.76. The molecule has 0 fully saturated rings. The first-order valence-electron chi connectivity index (χ1n) is 8.94. The van der Waals surface area contributed by atoms with E-state index in [1.54, 1.807) is 24.7 Å². The summed E-state index contributed by atoms with van der Waals surface area (Å²) in [5.74, 6) is -0.344. The minimum absolute atomic E-state index is 0.242. The molecule has 156 valence electrons. The number of benzene rings is 1.